The van der Waals surface area contributed by atoms with E-state index < -0.39 is 0 Å². The summed E-state index contributed by atoms with van der Waals surface area (Å²) < 4.78 is 5.46. The van der Waals surface area contributed by atoms with E-state index in [2.05, 4.69) is 10.1 Å². The van der Waals surface area contributed by atoms with Crippen LogP contribution in [0.4, 0.5) is 0 Å². The van der Waals surface area contributed by atoms with Crippen LogP contribution < -0.4 is 0 Å². The summed E-state index contributed by atoms with van der Waals surface area (Å²) in [5, 5.41) is 4.77. The molecule has 3 heterocycles. The van der Waals surface area contributed by atoms with Gasteiger partial charge in [0.2, 0.25) is 17.7 Å². The lowest BCUT2D eigenvalue weighted by molar-refractivity contribution is -0.135. The number of halogens is 1. The molecule has 0 aliphatic carbocycles. The molecule has 2 aromatic rings. The van der Waals surface area contributed by atoms with Gasteiger partial charge < -0.3 is 14.3 Å². The van der Waals surface area contributed by atoms with Gasteiger partial charge in [-0.2, -0.15) is 4.98 Å². The third kappa shape index (κ3) is 3.90. The fraction of sp³-hybridized carbons (Fsp3) is 0.500. The van der Waals surface area contributed by atoms with Gasteiger partial charge in [0.15, 0.2) is 5.82 Å². The van der Waals surface area contributed by atoms with Gasteiger partial charge in [0.1, 0.15) is 0 Å². The normalized spacial score (nSPS) is 18.2. The highest BCUT2D eigenvalue weighted by molar-refractivity contribution is 6.31. The van der Waals surface area contributed by atoms with Crippen LogP contribution in [0.2, 0.25) is 5.02 Å². The van der Waals surface area contributed by atoms with Crippen LogP contribution in [0.5, 0.6) is 0 Å². The predicted molar refractivity (Wildman–Crippen MR) is 103 cm³/mol. The number of rotatable bonds is 4. The Morgan fingerprint density at radius 3 is 2.54 bits per heavy atom. The molecule has 0 radical (unpaired) electrons. The Balaban J connectivity index is 1.29. The highest BCUT2D eigenvalue weighted by atomic mass is 35.5. The van der Waals surface area contributed by atoms with Crippen molar-refractivity contribution in [2.45, 2.75) is 38.0 Å². The van der Waals surface area contributed by atoms with Crippen molar-refractivity contribution in [3.8, 4) is 0 Å². The maximum Gasteiger partial charge on any atom is 0.233 e. The van der Waals surface area contributed by atoms with Crippen LogP contribution in [0.1, 0.15) is 48.9 Å². The highest BCUT2D eigenvalue weighted by Gasteiger charge is 2.36. The van der Waals surface area contributed by atoms with Gasteiger partial charge in [0, 0.05) is 44.0 Å². The van der Waals surface area contributed by atoms with E-state index in [1.807, 2.05) is 23.1 Å². The smallest absolute Gasteiger partial charge is 0.233 e. The standard InChI is InChI=1S/C20H23ClN4O3/c1-13(26)24-8-6-14(7-9-24)19-22-20(28-23-19)16-11-25(12-16)18(27)10-15-4-2-3-5-17(15)21/h2-5,14,16H,6-12H2,1H3. The Morgan fingerprint density at radius 2 is 1.86 bits per heavy atom. The van der Waals surface area contributed by atoms with Crippen molar-refractivity contribution in [2.75, 3.05) is 26.2 Å². The number of hydrogen-bond donors (Lipinski definition) is 0. The molecule has 1 aromatic carbocycles. The van der Waals surface area contributed by atoms with Crippen molar-refractivity contribution in [3.63, 3.8) is 0 Å². The topological polar surface area (TPSA) is 79.5 Å². The minimum atomic E-state index is 0.0562. The summed E-state index contributed by atoms with van der Waals surface area (Å²) >= 11 is 6.14. The van der Waals surface area contributed by atoms with E-state index in [0.29, 0.717) is 30.4 Å². The van der Waals surface area contributed by atoms with Crippen LogP contribution in [0, 0.1) is 0 Å². The molecule has 2 aliphatic rings. The second-order valence-electron chi connectivity index (χ2n) is 7.53. The van der Waals surface area contributed by atoms with E-state index in [9.17, 15) is 9.59 Å². The molecule has 148 valence electrons. The number of likely N-dealkylation sites (tertiary alicyclic amines) is 2. The zero-order chi connectivity index (χ0) is 19.7. The molecule has 0 N–H and O–H groups in total. The second kappa shape index (κ2) is 7.91. The molecular formula is C20H23ClN4O3. The van der Waals surface area contributed by atoms with Crippen molar-refractivity contribution in [1.82, 2.24) is 19.9 Å². The molecular weight excluding hydrogens is 380 g/mol. The lowest BCUT2D eigenvalue weighted by Crippen LogP contribution is -2.49. The zero-order valence-corrected chi connectivity index (χ0v) is 16.6. The number of carbonyl (C=O) groups is 2. The molecule has 2 amide bonds. The SMILES string of the molecule is CC(=O)N1CCC(c2noc(C3CN(C(=O)Cc4ccccc4Cl)C3)n2)CC1. The largest absolute Gasteiger partial charge is 0.343 e. The molecule has 0 saturated carbocycles. The summed E-state index contributed by atoms with van der Waals surface area (Å²) in [5.41, 5.74) is 0.842. The molecule has 0 unspecified atom stereocenters. The first-order valence-corrected chi connectivity index (χ1v) is 9.99. The number of nitrogens with zero attached hydrogens (tertiary/aromatic N) is 4. The van der Waals surface area contributed by atoms with E-state index in [1.54, 1.807) is 17.9 Å². The van der Waals surface area contributed by atoms with Crippen LogP contribution >= 0.6 is 11.6 Å². The summed E-state index contributed by atoms with van der Waals surface area (Å²) in [4.78, 5) is 32.1. The summed E-state index contributed by atoms with van der Waals surface area (Å²) in [7, 11) is 0. The molecule has 2 fully saturated rings. The van der Waals surface area contributed by atoms with E-state index in [-0.39, 0.29) is 23.7 Å². The fourth-order valence-corrected chi connectivity index (χ4v) is 3.99. The Morgan fingerprint density at radius 1 is 1.14 bits per heavy atom. The van der Waals surface area contributed by atoms with Crippen molar-refractivity contribution in [3.05, 3.63) is 46.6 Å². The molecule has 0 atom stereocenters. The van der Waals surface area contributed by atoms with Crippen molar-refractivity contribution >= 4 is 23.4 Å². The van der Waals surface area contributed by atoms with Crippen LogP contribution in [-0.2, 0) is 16.0 Å². The molecule has 8 heteroatoms. The van der Waals surface area contributed by atoms with Crippen LogP contribution in [0.25, 0.3) is 0 Å². The number of carbonyl (C=O) groups excluding carboxylic acids is 2. The van der Waals surface area contributed by atoms with Crippen LogP contribution in [-0.4, -0.2) is 57.9 Å². The average Bonchev–Trinajstić information content (AvgIpc) is 3.12. The quantitative estimate of drug-likeness (QED) is 0.785. The van der Waals surface area contributed by atoms with Gasteiger partial charge in [-0.3, -0.25) is 9.59 Å². The summed E-state index contributed by atoms with van der Waals surface area (Å²) in [5.74, 6) is 1.81. The number of amides is 2. The Hall–Kier alpha value is -2.41. The second-order valence-corrected chi connectivity index (χ2v) is 7.94. The van der Waals surface area contributed by atoms with E-state index in [4.69, 9.17) is 16.1 Å². The van der Waals surface area contributed by atoms with Gasteiger partial charge in [-0.05, 0) is 24.5 Å². The van der Waals surface area contributed by atoms with Crippen molar-refractivity contribution < 1.29 is 14.1 Å². The Kier molecular flexibility index (Phi) is 5.35. The number of piperidine rings is 1. The third-order valence-electron chi connectivity index (χ3n) is 5.65. The molecule has 4 rings (SSSR count). The molecule has 1 aromatic heterocycles. The first-order chi connectivity index (χ1) is 13.5. The van der Waals surface area contributed by atoms with Gasteiger partial charge in [0.25, 0.3) is 0 Å². The van der Waals surface area contributed by atoms with Gasteiger partial charge in [0.05, 0.1) is 12.3 Å². The maximum atomic E-state index is 12.4. The van der Waals surface area contributed by atoms with E-state index in [0.717, 1.165) is 37.3 Å². The molecule has 0 bridgehead atoms. The van der Waals surface area contributed by atoms with Crippen molar-refractivity contribution in [1.29, 1.82) is 0 Å². The molecule has 28 heavy (non-hydrogen) atoms. The third-order valence-corrected chi connectivity index (χ3v) is 6.01. The first-order valence-electron chi connectivity index (χ1n) is 9.61. The van der Waals surface area contributed by atoms with Crippen molar-refractivity contribution in [2.24, 2.45) is 0 Å². The van der Waals surface area contributed by atoms with Gasteiger partial charge in [-0.1, -0.05) is 35.0 Å². The summed E-state index contributed by atoms with van der Waals surface area (Å²) in [6, 6.07) is 7.41. The fourth-order valence-electron chi connectivity index (χ4n) is 3.79. The molecule has 2 saturated heterocycles. The first kappa shape index (κ1) is 18.9. The van der Waals surface area contributed by atoms with Gasteiger partial charge in [-0.25, -0.2) is 0 Å². The molecule has 2 aliphatic heterocycles. The minimum Gasteiger partial charge on any atom is -0.343 e. The summed E-state index contributed by atoms with van der Waals surface area (Å²) in [6.45, 7) is 4.25. The highest BCUT2D eigenvalue weighted by Crippen LogP contribution is 2.30. The van der Waals surface area contributed by atoms with Gasteiger partial charge >= 0.3 is 0 Å². The minimum absolute atomic E-state index is 0.0562. The molecule has 0 spiro atoms. The van der Waals surface area contributed by atoms with E-state index >= 15 is 0 Å². The maximum absolute atomic E-state index is 12.4. The van der Waals surface area contributed by atoms with Crippen LogP contribution in [0.3, 0.4) is 0 Å². The number of aromatic nitrogens is 2. The predicted octanol–water partition coefficient (Wildman–Crippen LogP) is 2.62. The van der Waals surface area contributed by atoms with Crippen LogP contribution in [0.15, 0.2) is 28.8 Å². The summed E-state index contributed by atoms with van der Waals surface area (Å²) in [6.07, 6.45) is 2.01. The molecule has 7 nitrogen and oxygen atoms in total. The monoisotopic (exact) mass is 402 g/mol. The number of hydrogen-bond acceptors (Lipinski definition) is 5. The van der Waals surface area contributed by atoms with Gasteiger partial charge in [-0.15, -0.1) is 0 Å². The average molecular weight is 403 g/mol. The lowest BCUT2D eigenvalue weighted by Gasteiger charge is -2.37. The Bertz CT molecular complexity index is 870. The Labute approximate surface area is 168 Å². The lowest BCUT2D eigenvalue weighted by atomic mass is 9.95. The number of benzene rings is 1. The van der Waals surface area contributed by atoms with E-state index in [1.165, 1.54) is 0 Å². The zero-order valence-electron chi connectivity index (χ0n) is 15.8.